The molecule has 0 N–H and O–H groups in total. The number of ether oxygens (including phenoxy) is 3. The number of benzene rings is 1. The minimum Gasteiger partial charge on any atom is -0.493 e. The van der Waals surface area contributed by atoms with E-state index < -0.39 is 5.54 Å². The number of carbonyl (C=O) groups excluding carboxylic acids is 1. The molecule has 0 amide bonds. The Kier molecular flexibility index (Phi) is 3.47. The van der Waals surface area contributed by atoms with Crippen LogP contribution in [0.15, 0.2) is 23.2 Å². The van der Waals surface area contributed by atoms with Gasteiger partial charge in [-0.15, -0.1) is 0 Å². The number of aliphatic imine (C=N–C) groups is 1. The normalized spacial score (nSPS) is 20.2. The highest BCUT2D eigenvalue weighted by Gasteiger charge is 2.39. The lowest BCUT2D eigenvalue weighted by Crippen LogP contribution is -2.38. The summed E-state index contributed by atoms with van der Waals surface area (Å²) >= 11 is 0. The molecule has 1 aromatic carbocycles. The minimum atomic E-state index is -0.414. The predicted octanol–water partition coefficient (Wildman–Crippen LogP) is 2.19. The zero-order valence-electron chi connectivity index (χ0n) is 11.4. The molecule has 5 nitrogen and oxygen atoms in total. The van der Waals surface area contributed by atoms with Crippen molar-refractivity contribution in [3.8, 4) is 11.5 Å². The molecular weight excluding hydrogens is 258 g/mol. The van der Waals surface area contributed by atoms with Gasteiger partial charge in [0.1, 0.15) is 6.10 Å². The van der Waals surface area contributed by atoms with Gasteiger partial charge in [-0.25, -0.2) is 4.79 Å². The fourth-order valence-electron chi connectivity index (χ4n) is 2.58. The molecule has 2 aliphatic rings. The molecular formula is C15H17NO4. The maximum Gasteiger partial charge on any atom is 0.235 e. The summed E-state index contributed by atoms with van der Waals surface area (Å²) in [6.07, 6.45) is 4.60. The van der Waals surface area contributed by atoms with Crippen LogP contribution >= 0.6 is 0 Å². The van der Waals surface area contributed by atoms with Crippen LogP contribution in [0.3, 0.4) is 0 Å². The average Bonchev–Trinajstić information content (AvgIpc) is 2.38. The van der Waals surface area contributed by atoms with Crippen LogP contribution < -0.4 is 9.47 Å². The van der Waals surface area contributed by atoms with Gasteiger partial charge in [-0.05, 0) is 37.0 Å². The SMILES string of the molecule is COc1ccc(C2(N=C=O)CCC2)cc1OC1COC1. The predicted molar refractivity (Wildman–Crippen MR) is 71.9 cm³/mol. The smallest absolute Gasteiger partial charge is 0.235 e. The summed E-state index contributed by atoms with van der Waals surface area (Å²) in [6.45, 7) is 1.20. The Labute approximate surface area is 117 Å². The molecule has 0 bridgehead atoms. The maximum absolute atomic E-state index is 10.7. The van der Waals surface area contributed by atoms with Gasteiger partial charge in [0.15, 0.2) is 11.5 Å². The lowest BCUT2D eigenvalue weighted by molar-refractivity contribution is -0.0804. The second-order valence-electron chi connectivity index (χ2n) is 5.23. The third-order valence-electron chi connectivity index (χ3n) is 4.04. The number of isocyanates is 1. The molecule has 1 saturated heterocycles. The summed E-state index contributed by atoms with van der Waals surface area (Å²) in [5.74, 6) is 1.37. The van der Waals surface area contributed by atoms with Crippen molar-refractivity contribution in [2.24, 2.45) is 4.99 Å². The number of methoxy groups -OCH3 is 1. The van der Waals surface area contributed by atoms with Crippen LogP contribution in [0, 0.1) is 0 Å². The molecule has 0 aromatic heterocycles. The van der Waals surface area contributed by atoms with E-state index in [-0.39, 0.29) is 6.10 Å². The van der Waals surface area contributed by atoms with E-state index in [1.165, 1.54) is 0 Å². The highest BCUT2D eigenvalue weighted by Crippen LogP contribution is 2.46. The van der Waals surface area contributed by atoms with Gasteiger partial charge in [0.05, 0.1) is 25.9 Å². The first kappa shape index (κ1) is 13.2. The average molecular weight is 275 g/mol. The Morgan fingerprint density at radius 1 is 1.35 bits per heavy atom. The van der Waals surface area contributed by atoms with Gasteiger partial charge in [-0.1, -0.05) is 6.07 Å². The lowest BCUT2D eigenvalue weighted by Gasteiger charge is -2.37. The first-order valence-corrected chi connectivity index (χ1v) is 6.79. The van der Waals surface area contributed by atoms with Crippen molar-refractivity contribution in [2.45, 2.75) is 30.9 Å². The summed E-state index contributed by atoms with van der Waals surface area (Å²) in [7, 11) is 1.61. The Morgan fingerprint density at radius 2 is 2.15 bits per heavy atom. The van der Waals surface area contributed by atoms with Gasteiger partial charge in [-0.2, -0.15) is 4.99 Å². The van der Waals surface area contributed by atoms with Crippen LogP contribution in [0.1, 0.15) is 24.8 Å². The summed E-state index contributed by atoms with van der Waals surface area (Å²) in [6, 6.07) is 5.74. The van der Waals surface area contributed by atoms with E-state index in [4.69, 9.17) is 14.2 Å². The summed E-state index contributed by atoms with van der Waals surface area (Å²) in [5.41, 5.74) is 0.575. The van der Waals surface area contributed by atoms with E-state index in [1.54, 1.807) is 13.2 Å². The summed E-state index contributed by atoms with van der Waals surface area (Å²) in [5, 5.41) is 0. The van der Waals surface area contributed by atoms with Crippen LogP contribution in [0.2, 0.25) is 0 Å². The van der Waals surface area contributed by atoms with E-state index in [1.807, 2.05) is 18.2 Å². The highest BCUT2D eigenvalue weighted by atomic mass is 16.6. The fraction of sp³-hybridized carbons (Fsp3) is 0.533. The van der Waals surface area contributed by atoms with Crippen molar-refractivity contribution < 1.29 is 19.0 Å². The molecule has 1 heterocycles. The second kappa shape index (κ2) is 5.27. The molecule has 3 rings (SSSR count). The molecule has 1 saturated carbocycles. The summed E-state index contributed by atoms with van der Waals surface area (Å²) < 4.78 is 16.3. The van der Waals surface area contributed by atoms with Gasteiger partial charge in [-0.3, -0.25) is 0 Å². The van der Waals surface area contributed by atoms with Gasteiger partial charge < -0.3 is 14.2 Å². The molecule has 0 spiro atoms. The zero-order chi connectivity index (χ0) is 14.0. The van der Waals surface area contributed by atoms with Gasteiger partial charge in [0, 0.05) is 0 Å². The third-order valence-corrected chi connectivity index (χ3v) is 4.04. The highest BCUT2D eigenvalue weighted by molar-refractivity contribution is 5.47. The molecule has 0 unspecified atom stereocenters. The Hall–Kier alpha value is -1.84. The molecule has 20 heavy (non-hydrogen) atoms. The van der Waals surface area contributed by atoms with Crippen molar-refractivity contribution in [1.82, 2.24) is 0 Å². The van der Waals surface area contributed by atoms with E-state index in [0.29, 0.717) is 24.7 Å². The van der Waals surface area contributed by atoms with Crippen LogP contribution in [-0.4, -0.2) is 32.5 Å². The minimum absolute atomic E-state index is 0.0751. The van der Waals surface area contributed by atoms with Gasteiger partial charge >= 0.3 is 0 Å². The molecule has 0 radical (unpaired) electrons. The van der Waals surface area contributed by atoms with Crippen LogP contribution in [0.25, 0.3) is 0 Å². The van der Waals surface area contributed by atoms with Crippen LogP contribution in [0.5, 0.6) is 11.5 Å². The molecule has 106 valence electrons. The number of hydrogen-bond acceptors (Lipinski definition) is 5. The monoisotopic (exact) mass is 275 g/mol. The van der Waals surface area contributed by atoms with Crippen molar-refractivity contribution in [3.63, 3.8) is 0 Å². The third kappa shape index (κ3) is 2.19. The zero-order valence-corrected chi connectivity index (χ0v) is 11.4. The first-order chi connectivity index (χ1) is 9.77. The maximum atomic E-state index is 10.7. The molecule has 1 aliphatic carbocycles. The van der Waals surface area contributed by atoms with Gasteiger partial charge in [0.25, 0.3) is 0 Å². The van der Waals surface area contributed by atoms with Crippen molar-refractivity contribution in [3.05, 3.63) is 23.8 Å². The van der Waals surface area contributed by atoms with E-state index >= 15 is 0 Å². The molecule has 2 fully saturated rings. The standard InChI is InChI=1S/C15H17NO4/c1-18-13-4-3-11(15(16-10-17)5-2-6-15)7-14(13)20-12-8-19-9-12/h3-4,7,12H,2,5-6,8-9H2,1H3. The second-order valence-corrected chi connectivity index (χ2v) is 5.23. The number of hydrogen-bond donors (Lipinski definition) is 0. The van der Waals surface area contributed by atoms with Crippen molar-refractivity contribution >= 4 is 6.08 Å². The lowest BCUT2D eigenvalue weighted by atomic mass is 9.72. The molecule has 0 atom stereocenters. The summed E-state index contributed by atoms with van der Waals surface area (Å²) in [4.78, 5) is 14.7. The quantitative estimate of drug-likeness (QED) is 0.610. The Morgan fingerprint density at radius 3 is 2.65 bits per heavy atom. The van der Waals surface area contributed by atoms with E-state index in [9.17, 15) is 4.79 Å². The van der Waals surface area contributed by atoms with E-state index in [0.717, 1.165) is 24.8 Å². The molecule has 5 heteroatoms. The Bertz CT molecular complexity index is 543. The first-order valence-electron chi connectivity index (χ1n) is 6.79. The molecule has 1 aliphatic heterocycles. The largest absolute Gasteiger partial charge is 0.493 e. The topological polar surface area (TPSA) is 57.1 Å². The van der Waals surface area contributed by atoms with Gasteiger partial charge in [0.2, 0.25) is 6.08 Å². The Balaban J connectivity index is 1.91. The number of nitrogens with zero attached hydrogens (tertiary/aromatic N) is 1. The fourth-order valence-corrected chi connectivity index (χ4v) is 2.58. The van der Waals surface area contributed by atoms with Crippen molar-refractivity contribution in [1.29, 1.82) is 0 Å². The van der Waals surface area contributed by atoms with Crippen LogP contribution in [0.4, 0.5) is 0 Å². The van der Waals surface area contributed by atoms with E-state index in [2.05, 4.69) is 4.99 Å². The van der Waals surface area contributed by atoms with Crippen molar-refractivity contribution in [2.75, 3.05) is 20.3 Å². The van der Waals surface area contributed by atoms with Crippen LogP contribution in [-0.2, 0) is 15.1 Å². The number of rotatable bonds is 5. The molecule has 1 aromatic rings.